The third kappa shape index (κ3) is 4.17. The molecular formula is C34H20Cl2F6N2O6. The largest absolute Gasteiger partial charge is 0.505 e. The number of benzene rings is 3. The normalized spacial score (nSPS) is 28.9. The molecular weight excluding hydrogens is 717 g/mol. The Morgan fingerprint density at radius 3 is 2.00 bits per heavy atom. The molecule has 1 saturated carbocycles. The van der Waals surface area contributed by atoms with E-state index in [4.69, 9.17) is 23.2 Å². The van der Waals surface area contributed by atoms with Crippen molar-refractivity contribution in [2.75, 3.05) is 9.80 Å². The Kier molecular flexibility index (Phi) is 7.54. The van der Waals surface area contributed by atoms with Gasteiger partial charge in [0.1, 0.15) is 5.69 Å². The average Bonchev–Trinajstić information content (AvgIpc) is 3.42. The van der Waals surface area contributed by atoms with Crippen LogP contribution in [-0.2, 0) is 19.2 Å². The highest BCUT2D eigenvalue weighted by Gasteiger charge is 2.77. The molecule has 3 fully saturated rings. The number of Topliss-reactive ketones (excluding diaryl/α,β-unsaturated/α-hetero) is 1. The third-order valence-corrected chi connectivity index (χ3v) is 11.5. The number of ketones is 1. The van der Waals surface area contributed by atoms with E-state index in [-0.39, 0.29) is 28.4 Å². The van der Waals surface area contributed by atoms with Crippen molar-refractivity contribution in [2.45, 2.75) is 35.4 Å². The van der Waals surface area contributed by atoms with Crippen molar-refractivity contribution in [3.63, 3.8) is 0 Å². The zero-order valence-electron chi connectivity index (χ0n) is 25.2. The maximum atomic E-state index is 15.1. The summed E-state index contributed by atoms with van der Waals surface area (Å²) < 4.78 is 87.9. The van der Waals surface area contributed by atoms with Crippen LogP contribution in [0.4, 0.5) is 37.7 Å². The number of para-hydroxylation sites is 1. The number of rotatable bonds is 4. The molecule has 2 aliphatic heterocycles. The van der Waals surface area contributed by atoms with Crippen LogP contribution in [0.1, 0.15) is 41.6 Å². The summed E-state index contributed by atoms with van der Waals surface area (Å²) in [6.07, 6.45) is 0.472. The van der Waals surface area contributed by atoms with Crippen LogP contribution < -0.4 is 9.80 Å². The Morgan fingerprint density at radius 2 is 1.40 bits per heavy atom. The number of imide groups is 2. The topological polar surface area (TPSA) is 112 Å². The number of phenols is 1. The second-order valence-electron chi connectivity index (χ2n) is 12.5. The number of allylic oxidation sites excluding steroid dienone is 2. The molecule has 2 aliphatic carbocycles. The molecule has 8 nitrogen and oxygen atoms in total. The fourth-order valence-corrected chi connectivity index (χ4v) is 8.70. The second kappa shape index (κ2) is 11.2. The number of aromatic hydroxyl groups is 1. The molecule has 16 heteroatoms. The van der Waals surface area contributed by atoms with Gasteiger partial charge in [0.15, 0.2) is 50.4 Å². The quantitative estimate of drug-likeness (QED) is 0.0650. The van der Waals surface area contributed by atoms with Gasteiger partial charge in [-0.2, -0.15) is 0 Å². The minimum Gasteiger partial charge on any atom is -0.505 e. The van der Waals surface area contributed by atoms with Gasteiger partial charge in [0.05, 0.1) is 17.5 Å². The molecule has 7 rings (SSSR count). The van der Waals surface area contributed by atoms with Crippen LogP contribution >= 0.6 is 23.2 Å². The van der Waals surface area contributed by atoms with Crippen molar-refractivity contribution in [3.8, 4) is 5.75 Å². The van der Waals surface area contributed by atoms with Crippen LogP contribution in [0.25, 0.3) is 0 Å². The Balaban J connectivity index is 1.42. The molecule has 4 amide bonds. The lowest BCUT2D eigenvalue weighted by Gasteiger charge is -2.50. The van der Waals surface area contributed by atoms with E-state index in [1.54, 1.807) is 0 Å². The molecule has 4 aliphatic rings. The summed E-state index contributed by atoms with van der Waals surface area (Å²) in [6.45, 7) is 1.32. The number of phenolic OH excluding ortho intramolecular Hbond substituents is 1. The fraction of sp³-hybridized carbons (Fsp3) is 0.265. The summed E-state index contributed by atoms with van der Waals surface area (Å²) in [5.74, 6) is -25.6. The smallest absolute Gasteiger partial charge is 0.258 e. The van der Waals surface area contributed by atoms with E-state index < -0.39 is 115 Å². The van der Waals surface area contributed by atoms with Crippen LogP contribution in [0, 0.1) is 52.7 Å². The summed E-state index contributed by atoms with van der Waals surface area (Å²) in [7, 11) is 0. The monoisotopic (exact) mass is 736 g/mol. The van der Waals surface area contributed by atoms with Crippen molar-refractivity contribution in [3.05, 3.63) is 100 Å². The standard InChI is InChI=1S/C34H20Cl2F6N2O6/c1-12(45)13-5-7-14(8-6-13)43-29(47)16-10-9-15-18(20(16)30(43)48)11-33(35)31(49)44(27-25(41)23(39)22(38)24(40)26(27)42)32(50)34(33,36)21(15)17-3-2-4-19(37)28(17)46/h2-9,16,18,20-21,46H,10-11H2,1H3. The fourth-order valence-electron chi connectivity index (χ4n) is 7.78. The number of halogens is 8. The first-order chi connectivity index (χ1) is 23.5. The Hall–Kier alpha value is -4.69. The van der Waals surface area contributed by atoms with Gasteiger partial charge in [-0.1, -0.05) is 23.8 Å². The number of fused-ring (bicyclic) bond motifs is 4. The van der Waals surface area contributed by atoms with Gasteiger partial charge in [-0.15, -0.1) is 23.2 Å². The van der Waals surface area contributed by atoms with Crippen LogP contribution in [0.3, 0.4) is 0 Å². The van der Waals surface area contributed by atoms with Crippen molar-refractivity contribution >= 4 is 64.0 Å². The van der Waals surface area contributed by atoms with Crippen LogP contribution in [0.2, 0.25) is 0 Å². The molecule has 0 bridgehead atoms. The first kappa shape index (κ1) is 33.8. The molecule has 6 unspecified atom stereocenters. The van der Waals surface area contributed by atoms with Gasteiger partial charge in [0.2, 0.25) is 17.6 Å². The number of alkyl halides is 2. The zero-order valence-corrected chi connectivity index (χ0v) is 26.8. The zero-order chi connectivity index (χ0) is 36.4. The lowest BCUT2D eigenvalue weighted by molar-refractivity contribution is -0.125. The van der Waals surface area contributed by atoms with Crippen molar-refractivity contribution < 1.29 is 55.4 Å². The second-order valence-corrected chi connectivity index (χ2v) is 13.7. The predicted octanol–water partition coefficient (Wildman–Crippen LogP) is 6.20. The Morgan fingerprint density at radius 1 is 0.800 bits per heavy atom. The van der Waals surface area contributed by atoms with Gasteiger partial charge in [-0.3, -0.25) is 28.9 Å². The predicted molar refractivity (Wildman–Crippen MR) is 163 cm³/mol. The molecule has 2 saturated heterocycles. The van der Waals surface area contributed by atoms with E-state index in [0.717, 1.165) is 23.1 Å². The highest BCUT2D eigenvalue weighted by Crippen LogP contribution is 2.66. The number of hydrogen-bond donors (Lipinski definition) is 1. The highest BCUT2D eigenvalue weighted by atomic mass is 35.5. The lowest BCUT2D eigenvalue weighted by Crippen LogP contribution is -2.60. The number of amides is 4. The first-order valence-electron chi connectivity index (χ1n) is 14.9. The van der Waals surface area contributed by atoms with E-state index in [0.29, 0.717) is 5.56 Å². The van der Waals surface area contributed by atoms with E-state index in [1.807, 2.05) is 0 Å². The minimum absolute atomic E-state index is 0.0359. The van der Waals surface area contributed by atoms with Crippen LogP contribution in [0.15, 0.2) is 54.1 Å². The van der Waals surface area contributed by atoms with E-state index in [2.05, 4.69) is 0 Å². The van der Waals surface area contributed by atoms with Crippen molar-refractivity contribution in [2.24, 2.45) is 17.8 Å². The SMILES string of the molecule is CC(=O)c1ccc(N2C(=O)C3CC=C4C(CC5(Cl)C(=O)N(c6c(F)c(F)c(F)c(F)c6F)C(=O)C5(Cl)C4c4cccc(F)c4O)C3C2=O)cc1. The van der Waals surface area contributed by atoms with E-state index in [1.165, 1.54) is 37.3 Å². The molecule has 0 spiro atoms. The molecule has 6 atom stereocenters. The van der Waals surface area contributed by atoms with Crippen molar-refractivity contribution in [1.82, 2.24) is 0 Å². The maximum Gasteiger partial charge on any atom is 0.258 e. The maximum absolute atomic E-state index is 15.1. The van der Waals surface area contributed by atoms with Crippen LogP contribution in [0.5, 0.6) is 5.75 Å². The summed E-state index contributed by atoms with van der Waals surface area (Å²) in [6, 6.07) is 8.62. The summed E-state index contributed by atoms with van der Waals surface area (Å²) in [4.78, 5) is 62.9. The van der Waals surface area contributed by atoms with E-state index in [9.17, 15) is 46.6 Å². The summed E-state index contributed by atoms with van der Waals surface area (Å²) in [5, 5.41) is 10.9. The molecule has 2 heterocycles. The third-order valence-electron chi connectivity index (χ3n) is 10.1. The Bertz CT molecular complexity index is 2120. The number of hydrogen-bond acceptors (Lipinski definition) is 6. The molecule has 1 N–H and O–H groups in total. The molecule has 3 aromatic rings. The van der Waals surface area contributed by atoms with Gasteiger partial charge in [0, 0.05) is 17.0 Å². The van der Waals surface area contributed by atoms with Crippen molar-refractivity contribution in [1.29, 1.82) is 0 Å². The van der Waals surface area contributed by atoms with E-state index >= 15 is 8.78 Å². The van der Waals surface area contributed by atoms with Crippen LogP contribution in [-0.4, -0.2) is 44.3 Å². The van der Waals surface area contributed by atoms with Gasteiger partial charge in [0.25, 0.3) is 11.8 Å². The Labute approximate surface area is 287 Å². The number of nitrogens with zero attached hydrogens (tertiary/aromatic N) is 2. The molecule has 50 heavy (non-hydrogen) atoms. The molecule has 258 valence electrons. The number of anilines is 2. The molecule has 0 aromatic heterocycles. The number of carbonyl (C=O) groups excluding carboxylic acids is 5. The first-order valence-corrected chi connectivity index (χ1v) is 15.7. The lowest BCUT2D eigenvalue weighted by atomic mass is 9.56. The molecule has 0 radical (unpaired) electrons. The molecule has 3 aromatic carbocycles. The summed E-state index contributed by atoms with van der Waals surface area (Å²) >= 11 is 14.0. The van der Waals surface area contributed by atoms with Gasteiger partial charge >= 0.3 is 0 Å². The minimum atomic E-state index is -2.92. The average molecular weight is 737 g/mol. The van der Waals surface area contributed by atoms with Gasteiger partial charge in [-0.25, -0.2) is 31.2 Å². The number of carbonyl (C=O) groups is 5. The summed E-state index contributed by atoms with van der Waals surface area (Å²) in [5.41, 5.74) is -1.98. The highest BCUT2D eigenvalue weighted by molar-refractivity contribution is 6.58. The van der Waals surface area contributed by atoms with Gasteiger partial charge < -0.3 is 5.11 Å². The van der Waals surface area contributed by atoms with Gasteiger partial charge in [-0.05, 0) is 56.0 Å².